The van der Waals surface area contributed by atoms with Crippen LogP contribution in [-0.4, -0.2) is 50.2 Å². The van der Waals surface area contributed by atoms with Gasteiger partial charge in [-0.05, 0) is 61.4 Å². The topological polar surface area (TPSA) is 93.6 Å². The first-order valence-corrected chi connectivity index (χ1v) is 11.9. The molecule has 0 bridgehead atoms. The second-order valence-corrected chi connectivity index (χ2v) is 9.59. The average molecular weight is 475 g/mol. The molecule has 3 aromatic rings. The SMILES string of the molecule is COc1ccc(Cl)cc1Nc1ccc(-c2ccc(OC)c(S(=O)(=O)N3CCCC3)c2)nn1. The number of halogens is 1. The van der Waals surface area contributed by atoms with Crippen molar-refractivity contribution in [2.24, 2.45) is 0 Å². The summed E-state index contributed by atoms with van der Waals surface area (Å²) in [4.78, 5) is 0.132. The Morgan fingerprint density at radius 3 is 2.31 bits per heavy atom. The van der Waals surface area contributed by atoms with Gasteiger partial charge >= 0.3 is 0 Å². The number of methoxy groups -OCH3 is 2. The number of anilines is 2. The second-order valence-electron chi connectivity index (χ2n) is 7.25. The lowest BCUT2D eigenvalue weighted by atomic mass is 10.1. The molecule has 0 unspecified atom stereocenters. The van der Waals surface area contributed by atoms with Gasteiger partial charge in [0.2, 0.25) is 10.0 Å². The quantitative estimate of drug-likeness (QED) is 0.544. The normalized spacial score (nSPS) is 14.3. The summed E-state index contributed by atoms with van der Waals surface area (Å²) in [7, 11) is -0.620. The number of hydrogen-bond acceptors (Lipinski definition) is 7. The van der Waals surface area contributed by atoms with Crippen LogP contribution in [0.15, 0.2) is 53.4 Å². The fraction of sp³-hybridized carbons (Fsp3) is 0.273. The molecule has 0 saturated carbocycles. The number of rotatable bonds is 7. The number of aromatic nitrogens is 2. The Morgan fingerprint density at radius 1 is 0.938 bits per heavy atom. The Morgan fingerprint density at radius 2 is 1.66 bits per heavy atom. The van der Waals surface area contributed by atoms with E-state index in [1.54, 1.807) is 55.6 Å². The van der Waals surface area contributed by atoms with Crippen LogP contribution in [0.25, 0.3) is 11.3 Å². The van der Waals surface area contributed by atoms with E-state index >= 15 is 0 Å². The van der Waals surface area contributed by atoms with Crippen molar-refractivity contribution in [1.82, 2.24) is 14.5 Å². The largest absolute Gasteiger partial charge is 0.495 e. The summed E-state index contributed by atoms with van der Waals surface area (Å²) < 4.78 is 38.4. The van der Waals surface area contributed by atoms with Crippen LogP contribution in [0.5, 0.6) is 11.5 Å². The van der Waals surface area contributed by atoms with Gasteiger partial charge in [-0.3, -0.25) is 0 Å². The number of nitrogens with zero attached hydrogens (tertiary/aromatic N) is 3. The van der Waals surface area contributed by atoms with Crippen molar-refractivity contribution >= 4 is 33.1 Å². The van der Waals surface area contributed by atoms with Crippen molar-refractivity contribution in [3.05, 3.63) is 53.6 Å². The van der Waals surface area contributed by atoms with E-state index in [4.69, 9.17) is 21.1 Å². The Labute approximate surface area is 192 Å². The summed E-state index contributed by atoms with van der Waals surface area (Å²) in [6.07, 6.45) is 1.72. The zero-order chi connectivity index (χ0) is 22.7. The first kappa shape index (κ1) is 22.3. The number of benzene rings is 2. The number of sulfonamides is 1. The Kier molecular flexibility index (Phi) is 6.50. The molecule has 0 radical (unpaired) electrons. The van der Waals surface area contributed by atoms with Gasteiger partial charge in [-0.25, -0.2) is 8.42 Å². The third kappa shape index (κ3) is 4.50. The lowest BCUT2D eigenvalue weighted by Crippen LogP contribution is -2.28. The molecule has 0 spiro atoms. The van der Waals surface area contributed by atoms with Crippen LogP contribution < -0.4 is 14.8 Å². The van der Waals surface area contributed by atoms with Crippen molar-refractivity contribution in [1.29, 1.82) is 0 Å². The van der Waals surface area contributed by atoms with Gasteiger partial charge in [0.25, 0.3) is 0 Å². The van der Waals surface area contributed by atoms with Gasteiger partial charge in [0.15, 0.2) is 5.82 Å². The standard InChI is InChI=1S/C22H23ClN4O4S/c1-30-19-9-6-16(23)14-18(19)24-22-10-7-17(25-26-22)15-5-8-20(31-2)21(13-15)32(28,29)27-11-3-4-12-27/h5-10,13-14H,3-4,11-12H2,1-2H3,(H,24,26). The first-order valence-electron chi connectivity index (χ1n) is 10.1. The summed E-state index contributed by atoms with van der Waals surface area (Å²) >= 11 is 6.07. The Bertz CT molecular complexity index is 1210. The molecular weight excluding hydrogens is 452 g/mol. The van der Waals surface area contributed by atoms with Gasteiger partial charge in [-0.1, -0.05) is 11.6 Å². The summed E-state index contributed by atoms with van der Waals surface area (Å²) in [5.74, 6) is 1.42. The number of nitrogens with one attached hydrogen (secondary N) is 1. The molecule has 2 aromatic carbocycles. The minimum Gasteiger partial charge on any atom is -0.495 e. The molecule has 0 atom stereocenters. The van der Waals surface area contributed by atoms with Crippen LogP contribution in [0, 0.1) is 0 Å². The van der Waals surface area contributed by atoms with Crippen molar-refractivity contribution in [3.8, 4) is 22.8 Å². The Balaban J connectivity index is 1.63. The highest BCUT2D eigenvalue weighted by atomic mass is 35.5. The maximum absolute atomic E-state index is 13.1. The van der Waals surface area contributed by atoms with Gasteiger partial charge in [0.05, 0.1) is 25.6 Å². The molecule has 1 aromatic heterocycles. The van der Waals surface area contributed by atoms with Gasteiger partial charge in [0.1, 0.15) is 16.4 Å². The maximum Gasteiger partial charge on any atom is 0.246 e. The molecule has 10 heteroatoms. The molecule has 32 heavy (non-hydrogen) atoms. The third-order valence-electron chi connectivity index (χ3n) is 5.23. The summed E-state index contributed by atoms with van der Waals surface area (Å²) in [5.41, 5.74) is 1.82. The third-order valence-corrected chi connectivity index (χ3v) is 7.39. The van der Waals surface area contributed by atoms with Crippen molar-refractivity contribution in [2.75, 3.05) is 32.6 Å². The molecule has 0 amide bonds. The molecule has 1 saturated heterocycles. The predicted molar refractivity (Wildman–Crippen MR) is 123 cm³/mol. The van der Waals surface area contributed by atoms with E-state index in [0.717, 1.165) is 12.8 Å². The first-order chi connectivity index (χ1) is 15.4. The van der Waals surface area contributed by atoms with Crippen LogP contribution in [0.4, 0.5) is 11.5 Å². The van der Waals surface area contributed by atoms with Crippen LogP contribution in [-0.2, 0) is 10.0 Å². The van der Waals surface area contributed by atoms with Gasteiger partial charge < -0.3 is 14.8 Å². The van der Waals surface area contributed by atoms with E-state index in [1.165, 1.54) is 11.4 Å². The highest BCUT2D eigenvalue weighted by Gasteiger charge is 2.30. The molecule has 4 rings (SSSR count). The molecule has 2 heterocycles. The molecule has 1 aliphatic heterocycles. The smallest absolute Gasteiger partial charge is 0.246 e. The zero-order valence-corrected chi connectivity index (χ0v) is 19.3. The van der Waals surface area contributed by atoms with Crippen LogP contribution >= 0.6 is 11.6 Å². The van der Waals surface area contributed by atoms with E-state index in [-0.39, 0.29) is 4.90 Å². The fourth-order valence-electron chi connectivity index (χ4n) is 3.57. The van der Waals surface area contributed by atoms with E-state index in [0.29, 0.717) is 52.4 Å². The summed E-state index contributed by atoms with van der Waals surface area (Å²) in [5, 5.41) is 12.2. The molecule has 1 aliphatic rings. The molecule has 8 nitrogen and oxygen atoms in total. The average Bonchev–Trinajstić information content (AvgIpc) is 3.35. The van der Waals surface area contributed by atoms with E-state index in [1.807, 2.05) is 0 Å². The monoisotopic (exact) mass is 474 g/mol. The zero-order valence-electron chi connectivity index (χ0n) is 17.7. The summed E-state index contributed by atoms with van der Waals surface area (Å²) in [6.45, 7) is 1.03. The number of hydrogen-bond donors (Lipinski definition) is 1. The van der Waals surface area contributed by atoms with Crippen molar-refractivity contribution < 1.29 is 17.9 Å². The van der Waals surface area contributed by atoms with Crippen LogP contribution in [0.1, 0.15) is 12.8 Å². The molecular formula is C22H23ClN4O4S. The molecule has 168 valence electrons. The lowest BCUT2D eigenvalue weighted by Gasteiger charge is -2.18. The minimum atomic E-state index is -3.65. The van der Waals surface area contributed by atoms with Gasteiger partial charge in [-0.2, -0.15) is 4.31 Å². The second kappa shape index (κ2) is 9.32. The highest BCUT2D eigenvalue weighted by Crippen LogP contribution is 2.33. The fourth-order valence-corrected chi connectivity index (χ4v) is 5.44. The van der Waals surface area contributed by atoms with Crippen molar-refractivity contribution in [2.45, 2.75) is 17.7 Å². The van der Waals surface area contributed by atoms with Gasteiger partial charge in [0, 0.05) is 23.7 Å². The van der Waals surface area contributed by atoms with E-state index in [2.05, 4.69) is 15.5 Å². The minimum absolute atomic E-state index is 0.132. The van der Waals surface area contributed by atoms with Crippen LogP contribution in [0.2, 0.25) is 5.02 Å². The highest BCUT2D eigenvalue weighted by molar-refractivity contribution is 7.89. The van der Waals surface area contributed by atoms with E-state index < -0.39 is 10.0 Å². The Hall–Kier alpha value is -2.88. The molecule has 1 N–H and O–H groups in total. The maximum atomic E-state index is 13.1. The molecule has 0 aliphatic carbocycles. The van der Waals surface area contributed by atoms with Crippen molar-refractivity contribution in [3.63, 3.8) is 0 Å². The van der Waals surface area contributed by atoms with Gasteiger partial charge in [-0.15, -0.1) is 10.2 Å². The van der Waals surface area contributed by atoms with E-state index in [9.17, 15) is 8.42 Å². The number of ether oxygens (including phenoxy) is 2. The predicted octanol–water partition coefficient (Wildman–Crippen LogP) is 4.34. The summed E-state index contributed by atoms with van der Waals surface area (Å²) in [6, 6.07) is 13.7. The molecule has 1 fully saturated rings. The lowest BCUT2D eigenvalue weighted by molar-refractivity contribution is 0.398. The van der Waals surface area contributed by atoms with Crippen LogP contribution in [0.3, 0.4) is 0 Å².